The topological polar surface area (TPSA) is 46.2 Å². The molecule has 0 radical (unpaired) electrons. The minimum atomic E-state index is -0.132. The van der Waals surface area contributed by atoms with Gasteiger partial charge in [-0.2, -0.15) is 0 Å². The molecule has 0 amide bonds. The summed E-state index contributed by atoms with van der Waals surface area (Å²) in [6, 6.07) is 0. The van der Waals surface area contributed by atoms with Crippen LogP contribution in [0.25, 0.3) is 0 Å². The Labute approximate surface area is 107 Å². The second kappa shape index (κ2) is 8.10. The minimum Gasteiger partial charge on any atom is -0.393 e. The first kappa shape index (κ1) is 15.0. The van der Waals surface area contributed by atoms with Gasteiger partial charge in [0.25, 0.3) is 0 Å². The van der Waals surface area contributed by atoms with Crippen molar-refractivity contribution >= 4 is 0 Å². The molecule has 2 heteroatoms. The molecule has 0 saturated heterocycles. The Bertz CT molecular complexity index is 195. The predicted molar refractivity (Wildman–Crippen MR) is 74.0 cm³/mol. The van der Waals surface area contributed by atoms with Gasteiger partial charge in [-0.25, -0.2) is 0 Å². The molecule has 2 nitrogen and oxygen atoms in total. The molecule has 1 saturated carbocycles. The van der Waals surface area contributed by atoms with Crippen LogP contribution in [0.15, 0.2) is 0 Å². The maximum Gasteiger partial charge on any atom is 0.0608 e. The number of aliphatic hydroxyl groups excluding tert-OH is 1. The first-order valence-corrected chi connectivity index (χ1v) is 7.63. The van der Waals surface area contributed by atoms with Crippen LogP contribution < -0.4 is 5.73 Å². The molecule has 0 spiro atoms. The smallest absolute Gasteiger partial charge is 0.0608 e. The van der Waals surface area contributed by atoms with Gasteiger partial charge < -0.3 is 10.8 Å². The highest BCUT2D eigenvalue weighted by molar-refractivity contribution is 4.92. The summed E-state index contributed by atoms with van der Waals surface area (Å²) in [6.45, 7) is 2.93. The van der Waals surface area contributed by atoms with Gasteiger partial charge in [0.1, 0.15) is 0 Å². The highest BCUT2D eigenvalue weighted by Gasteiger charge is 2.39. The van der Waals surface area contributed by atoms with Crippen LogP contribution in [0, 0.1) is 5.41 Å². The standard InChI is InChI=1S/C15H31NO/c1-2-3-4-5-6-7-8-11-15(13-16)12-9-10-14(15)17/h14,17H,2-13,16H2,1H3. The fraction of sp³-hybridized carbons (Fsp3) is 1.00. The molecule has 0 aliphatic heterocycles. The van der Waals surface area contributed by atoms with E-state index in [1.165, 1.54) is 44.9 Å². The summed E-state index contributed by atoms with van der Waals surface area (Å²) in [5.74, 6) is 0. The molecule has 2 atom stereocenters. The molecule has 102 valence electrons. The third-order valence-electron chi connectivity index (χ3n) is 4.54. The number of hydrogen-bond acceptors (Lipinski definition) is 2. The highest BCUT2D eigenvalue weighted by atomic mass is 16.3. The van der Waals surface area contributed by atoms with Crippen molar-refractivity contribution in [2.45, 2.75) is 83.7 Å². The van der Waals surface area contributed by atoms with Crippen LogP contribution >= 0.6 is 0 Å². The SMILES string of the molecule is CCCCCCCCCC1(CN)CCCC1O. The van der Waals surface area contributed by atoms with Gasteiger partial charge in [-0.15, -0.1) is 0 Å². The molecule has 0 aromatic carbocycles. The van der Waals surface area contributed by atoms with Crippen LogP contribution in [-0.4, -0.2) is 17.8 Å². The number of unbranched alkanes of at least 4 members (excludes halogenated alkanes) is 6. The Morgan fingerprint density at radius 2 is 1.76 bits per heavy atom. The molecule has 0 heterocycles. The quantitative estimate of drug-likeness (QED) is 0.606. The molecule has 0 aromatic heterocycles. The number of nitrogens with two attached hydrogens (primary N) is 1. The molecule has 0 bridgehead atoms. The largest absolute Gasteiger partial charge is 0.393 e. The van der Waals surface area contributed by atoms with Crippen molar-refractivity contribution in [1.29, 1.82) is 0 Å². The zero-order valence-corrected chi connectivity index (χ0v) is 11.6. The van der Waals surface area contributed by atoms with Crippen molar-refractivity contribution in [2.75, 3.05) is 6.54 Å². The van der Waals surface area contributed by atoms with Crippen LogP contribution in [0.1, 0.15) is 77.6 Å². The zero-order chi connectivity index (χ0) is 12.6. The lowest BCUT2D eigenvalue weighted by atomic mass is 9.79. The van der Waals surface area contributed by atoms with Gasteiger partial charge in [0.2, 0.25) is 0 Å². The molecule has 17 heavy (non-hydrogen) atoms. The van der Waals surface area contributed by atoms with Crippen LogP contribution in [0.5, 0.6) is 0 Å². The normalized spacial score (nSPS) is 28.8. The van der Waals surface area contributed by atoms with Gasteiger partial charge in [-0.1, -0.05) is 58.3 Å². The third kappa shape index (κ3) is 4.59. The number of hydrogen-bond donors (Lipinski definition) is 2. The Morgan fingerprint density at radius 1 is 1.12 bits per heavy atom. The minimum absolute atomic E-state index is 0.0728. The monoisotopic (exact) mass is 241 g/mol. The summed E-state index contributed by atoms with van der Waals surface area (Å²) in [5, 5.41) is 10.0. The fourth-order valence-corrected chi connectivity index (χ4v) is 3.19. The van der Waals surface area contributed by atoms with Gasteiger partial charge in [-0.05, 0) is 19.3 Å². The van der Waals surface area contributed by atoms with Crippen LogP contribution in [0.2, 0.25) is 0 Å². The molecular weight excluding hydrogens is 210 g/mol. The van der Waals surface area contributed by atoms with E-state index in [1.807, 2.05) is 0 Å². The Hall–Kier alpha value is -0.0800. The lowest BCUT2D eigenvalue weighted by molar-refractivity contribution is 0.0500. The molecule has 1 aliphatic rings. The van der Waals surface area contributed by atoms with E-state index in [1.54, 1.807) is 0 Å². The summed E-state index contributed by atoms with van der Waals surface area (Å²) in [6.07, 6.45) is 13.7. The van der Waals surface area contributed by atoms with Gasteiger partial charge in [-0.3, -0.25) is 0 Å². The summed E-state index contributed by atoms with van der Waals surface area (Å²) in [4.78, 5) is 0. The second-order valence-electron chi connectivity index (χ2n) is 5.85. The Balaban J connectivity index is 2.08. The summed E-state index contributed by atoms with van der Waals surface area (Å²) in [5.41, 5.74) is 5.95. The van der Waals surface area contributed by atoms with Crippen molar-refractivity contribution in [2.24, 2.45) is 11.1 Å². The summed E-state index contributed by atoms with van der Waals surface area (Å²) >= 11 is 0. The summed E-state index contributed by atoms with van der Waals surface area (Å²) in [7, 11) is 0. The van der Waals surface area contributed by atoms with Crippen molar-refractivity contribution in [3.8, 4) is 0 Å². The molecular formula is C15H31NO. The number of aliphatic hydroxyl groups is 1. The van der Waals surface area contributed by atoms with E-state index >= 15 is 0 Å². The Morgan fingerprint density at radius 3 is 2.29 bits per heavy atom. The molecule has 1 rings (SSSR count). The molecule has 1 fully saturated rings. The van der Waals surface area contributed by atoms with Crippen LogP contribution in [0.4, 0.5) is 0 Å². The van der Waals surface area contributed by atoms with Crippen molar-refractivity contribution in [3.63, 3.8) is 0 Å². The average molecular weight is 241 g/mol. The zero-order valence-electron chi connectivity index (χ0n) is 11.6. The molecule has 1 aliphatic carbocycles. The Kier molecular flexibility index (Phi) is 7.14. The lowest BCUT2D eigenvalue weighted by Crippen LogP contribution is -2.37. The molecule has 0 aromatic rings. The van der Waals surface area contributed by atoms with Crippen molar-refractivity contribution in [3.05, 3.63) is 0 Å². The first-order chi connectivity index (χ1) is 8.25. The van der Waals surface area contributed by atoms with E-state index in [0.29, 0.717) is 6.54 Å². The van der Waals surface area contributed by atoms with Crippen LogP contribution in [0.3, 0.4) is 0 Å². The third-order valence-corrected chi connectivity index (χ3v) is 4.54. The van der Waals surface area contributed by atoms with E-state index < -0.39 is 0 Å². The van der Waals surface area contributed by atoms with E-state index in [4.69, 9.17) is 5.73 Å². The van der Waals surface area contributed by atoms with Crippen molar-refractivity contribution in [1.82, 2.24) is 0 Å². The summed E-state index contributed by atoms with van der Waals surface area (Å²) < 4.78 is 0. The lowest BCUT2D eigenvalue weighted by Gasteiger charge is -2.31. The first-order valence-electron chi connectivity index (χ1n) is 7.63. The average Bonchev–Trinajstić information content (AvgIpc) is 2.70. The molecule has 2 unspecified atom stereocenters. The maximum absolute atomic E-state index is 10.0. The second-order valence-corrected chi connectivity index (χ2v) is 5.85. The van der Waals surface area contributed by atoms with E-state index in [0.717, 1.165) is 25.7 Å². The maximum atomic E-state index is 10.0. The number of rotatable bonds is 9. The van der Waals surface area contributed by atoms with Gasteiger partial charge >= 0.3 is 0 Å². The predicted octanol–water partition coefficient (Wildman–Crippen LogP) is 3.62. The van der Waals surface area contributed by atoms with E-state index in [2.05, 4.69) is 6.92 Å². The van der Waals surface area contributed by atoms with E-state index in [-0.39, 0.29) is 11.5 Å². The molecule has 3 N–H and O–H groups in total. The fourth-order valence-electron chi connectivity index (χ4n) is 3.19. The van der Waals surface area contributed by atoms with Crippen molar-refractivity contribution < 1.29 is 5.11 Å². The highest BCUT2D eigenvalue weighted by Crippen LogP contribution is 2.41. The van der Waals surface area contributed by atoms with Gasteiger partial charge in [0, 0.05) is 12.0 Å². The van der Waals surface area contributed by atoms with Gasteiger partial charge in [0.15, 0.2) is 0 Å². The van der Waals surface area contributed by atoms with Gasteiger partial charge in [0.05, 0.1) is 6.10 Å². The van der Waals surface area contributed by atoms with E-state index in [9.17, 15) is 5.11 Å². The van der Waals surface area contributed by atoms with Crippen LogP contribution in [-0.2, 0) is 0 Å².